The first-order chi connectivity index (χ1) is 10.6. The standard InChI is InChI=1S/C16H18FN3O2/c1-2-22-13-7-11(9-21)16(15(19)14(13)18)20-8-10-3-5-12(17)6-4-10/h3-7,16,20H,2,8,18-19H2,1H3. The van der Waals surface area contributed by atoms with Gasteiger partial charge in [0.25, 0.3) is 0 Å². The molecule has 0 amide bonds. The largest absolute Gasteiger partial charge is 0.492 e. The lowest BCUT2D eigenvalue weighted by Crippen LogP contribution is -2.40. The Hall–Kier alpha value is -2.56. The summed E-state index contributed by atoms with van der Waals surface area (Å²) in [5, 5.41) is 3.12. The zero-order chi connectivity index (χ0) is 16.1. The molecule has 2 rings (SSSR count). The SMILES string of the molecule is CCOC1=CC(=C=O)C(NCc2ccc(F)cc2)C(N)=C1N. The quantitative estimate of drug-likeness (QED) is 0.709. The van der Waals surface area contributed by atoms with Crippen LogP contribution in [0.2, 0.25) is 0 Å². The van der Waals surface area contributed by atoms with E-state index in [9.17, 15) is 9.18 Å². The summed E-state index contributed by atoms with van der Waals surface area (Å²) >= 11 is 0. The van der Waals surface area contributed by atoms with Gasteiger partial charge in [-0.25, -0.2) is 9.18 Å². The monoisotopic (exact) mass is 303 g/mol. The number of halogens is 1. The van der Waals surface area contributed by atoms with Gasteiger partial charge in [0, 0.05) is 6.54 Å². The van der Waals surface area contributed by atoms with Gasteiger partial charge in [-0.05, 0) is 30.7 Å². The summed E-state index contributed by atoms with van der Waals surface area (Å²) in [6, 6.07) is 5.50. The normalized spacial score (nSPS) is 18.0. The van der Waals surface area contributed by atoms with Gasteiger partial charge in [0.15, 0.2) is 0 Å². The number of nitrogens with two attached hydrogens (primary N) is 2. The van der Waals surface area contributed by atoms with Crippen LogP contribution in [0.1, 0.15) is 12.5 Å². The number of benzene rings is 1. The number of nitrogens with one attached hydrogen (secondary N) is 1. The van der Waals surface area contributed by atoms with Crippen molar-refractivity contribution >= 4 is 5.94 Å². The summed E-state index contributed by atoms with van der Waals surface area (Å²) in [4.78, 5) is 11.2. The van der Waals surface area contributed by atoms with Gasteiger partial charge in [0.1, 0.15) is 17.5 Å². The van der Waals surface area contributed by atoms with Gasteiger partial charge in [0.05, 0.1) is 29.6 Å². The van der Waals surface area contributed by atoms with Crippen LogP contribution in [0, 0.1) is 5.82 Å². The van der Waals surface area contributed by atoms with E-state index in [4.69, 9.17) is 16.2 Å². The zero-order valence-corrected chi connectivity index (χ0v) is 12.2. The molecular formula is C16H18FN3O2. The highest BCUT2D eigenvalue weighted by molar-refractivity contribution is 5.65. The second kappa shape index (κ2) is 6.93. The van der Waals surface area contributed by atoms with E-state index in [1.54, 1.807) is 12.1 Å². The molecule has 0 saturated carbocycles. The van der Waals surface area contributed by atoms with Gasteiger partial charge in [-0.3, -0.25) is 0 Å². The van der Waals surface area contributed by atoms with Gasteiger partial charge < -0.3 is 21.5 Å². The van der Waals surface area contributed by atoms with E-state index in [2.05, 4.69) is 5.32 Å². The second-order valence-corrected chi connectivity index (χ2v) is 4.81. The molecule has 1 aromatic carbocycles. The summed E-state index contributed by atoms with van der Waals surface area (Å²) in [6.07, 6.45) is 1.53. The van der Waals surface area contributed by atoms with E-state index >= 15 is 0 Å². The van der Waals surface area contributed by atoms with Crippen molar-refractivity contribution in [1.82, 2.24) is 5.32 Å². The Bertz CT molecular complexity index is 658. The van der Waals surface area contributed by atoms with E-state index in [1.165, 1.54) is 18.2 Å². The van der Waals surface area contributed by atoms with E-state index in [0.29, 0.717) is 35.9 Å². The molecule has 1 aromatic rings. The maximum absolute atomic E-state index is 12.9. The van der Waals surface area contributed by atoms with Crippen LogP contribution in [0.25, 0.3) is 0 Å². The summed E-state index contributed by atoms with van der Waals surface area (Å²) in [5.74, 6) is 1.93. The van der Waals surface area contributed by atoms with Gasteiger partial charge in [-0.15, -0.1) is 0 Å². The molecular weight excluding hydrogens is 285 g/mol. The maximum atomic E-state index is 12.9. The lowest BCUT2D eigenvalue weighted by Gasteiger charge is -2.25. The first kappa shape index (κ1) is 15.8. The molecule has 6 heteroatoms. The van der Waals surface area contributed by atoms with Gasteiger partial charge in [-0.1, -0.05) is 12.1 Å². The van der Waals surface area contributed by atoms with Crippen LogP contribution >= 0.6 is 0 Å². The Balaban J connectivity index is 2.16. The van der Waals surface area contributed by atoms with Crippen LogP contribution in [0.15, 0.2) is 53.1 Å². The van der Waals surface area contributed by atoms with E-state index in [-0.39, 0.29) is 5.82 Å². The molecule has 0 heterocycles. The minimum atomic E-state index is -0.549. The smallest absolute Gasteiger partial charge is 0.145 e. The summed E-state index contributed by atoms with van der Waals surface area (Å²) in [5.41, 5.74) is 13.7. The first-order valence-electron chi connectivity index (χ1n) is 6.89. The Morgan fingerprint density at radius 3 is 2.59 bits per heavy atom. The molecule has 0 radical (unpaired) electrons. The fourth-order valence-corrected chi connectivity index (χ4v) is 2.17. The van der Waals surface area contributed by atoms with Gasteiger partial charge >= 0.3 is 0 Å². The van der Waals surface area contributed by atoms with Gasteiger partial charge in [0.2, 0.25) is 0 Å². The van der Waals surface area contributed by atoms with E-state index in [1.807, 2.05) is 12.9 Å². The van der Waals surface area contributed by atoms with Crippen molar-refractivity contribution in [1.29, 1.82) is 0 Å². The molecule has 0 bridgehead atoms. The molecule has 0 aromatic heterocycles. The molecule has 116 valence electrons. The Morgan fingerprint density at radius 2 is 2.00 bits per heavy atom. The molecule has 0 aliphatic heterocycles. The topological polar surface area (TPSA) is 90.4 Å². The van der Waals surface area contributed by atoms with E-state index < -0.39 is 6.04 Å². The Labute approximate surface area is 128 Å². The van der Waals surface area contributed by atoms with Crippen molar-refractivity contribution in [2.45, 2.75) is 19.5 Å². The predicted octanol–water partition coefficient (Wildman–Crippen LogP) is 1.10. The zero-order valence-electron chi connectivity index (χ0n) is 12.2. The highest BCUT2D eigenvalue weighted by atomic mass is 19.1. The Morgan fingerprint density at radius 1 is 1.32 bits per heavy atom. The van der Waals surface area contributed by atoms with Crippen LogP contribution < -0.4 is 16.8 Å². The van der Waals surface area contributed by atoms with Crippen molar-refractivity contribution in [3.8, 4) is 0 Å². The van der Waals surface area contributed by atoms with Crippen LogP contribution in [0.5, 0.6) is 0 Å². The third-order valence-electron chi connectivity index (χ3n) is 3.33. The molecule has 0 saturated heterocycles. The van der Waals surface area contributed by atoms with Crippen molar-refractivity contribution in [2.24, 2.45) is 11.5 Å². The minimum Gasteiger partial charge on any atom is -0.492 e. The number of rotatable bonds is 5. The first-order valence-corrected chi connectivity index (χ1v) is 6.89. The molecule has 1 unspecified atom stereocenters. The number of carbonyl (C=O) groups excluding carboxylic acids is 1. The highest BCUT2D eigenvalue weighted by Gasteiger charge is 2.26. The van der Waals surface area contributed by atoms with E-state index in [0.717, 1.165) is 5.56 Å². The van der Waals surface area contributed by atoms with Crippen LogP contribution in [-0.4, -0.2) is 18.6 Å². The van der Waals surface area contributed by atoms with Crippen molar-refractivity contribution in [2.75, 3.05) is 6.61 Å². The lowest BCUT2D eigenvalue weighted by molar-refractivity contribution is 0.234. The van der Waals surface area contributed by atoms with Crippen molar-refractivity contribution < 1.29 is 13.9 Å². The fourth-order valence-electron chi connectivity index (χ4n) is 2.17. The van der Waals surface area contributed by atoms with Gasteiger partial charge in [-0.2, -0.15) is 0 Å². The summed E-state index contributed by atoms with van der Waals surface area (Å²) in [7, 11) is 0. The predicted molar refractivity (Wildman–Crippen MR) is 81.3 cm³/mol. The van der Waals surface area contributed by atoms with Crippen molar-refractivity contribution in [3.63, 3.8) is 0 Å². The summed E-state index contributed by atoms with van der Waals surface area (Å²) in [6.45, 7) is 2.63. The molecule has 22 heavy (non-hydrogen) atoms. The second-order valence-electron chi connectivity index (χ2n) is 4.81. The number of hydrogen-bond acceptors (Lipinski definition) is 5. The summed E-state index contributed by atoms with van der Waals surface area (Å²) < 4.78 is 18.2. The molecule has 1 aliphatic rings. The van der Waals surface area contributed by atoms with Crippen molar-refractivity contribution in [3.05, 3.63) is 64.4 Å². The third kappa shape index (κ3) is 3.36. The Kier molecular flexibility index (Phi) is 4.99. The number of hydrogen-bond donors (Lipinski definition) is 3. The molecule has 0 spiro atoms. The maximum Gasteiger partial charge on any atom is 0.145 e. The lowest BCUT2D eigenvalue weighted by atomic mass is 9.96. The van der Waals surface area contributed by atoms with Crippen LogP contribution in [0.4, 0.5) is 4.39 Å². The number of ether oxygens (including phenoxy) is 1. The molecule has 1 atom stereocenters. The highest BCUT2D eigenvalue weighted by Crippen LogP contribution is 2.23. The molecule has 5 nitrogen and oxygen atoms in total. The molecule has 0 fully saturated rings. The third-order valence-corrected chi connectivity index (χ3v) is 3.33. The average molecular weight is 303 g/mol. The molecule has 1 aliphatic carbocycles. The minimum absolute atomic E-state index is 0.303. The average Bonchev–Trinajstić information content (AvgIpc) is 2.52. The molecule has 5 N–H and O–H groups in total. The fraction of sp³-hybridized carbons (Fsp3) is 0.250. The van der Waals surface area contributed by atoms with Crippen LogP contribution in [-0.2, 0) is 16.1 Å². The van der Waals surface area contributed by atoms with Crippen LogP contribution in [0.3, 0.4) is 0 Å².